The average Bonchev–Trinajstić information content (AvgIpc) is 3.09. The molecule has 1 aromatic heterocycles. The number of aromatic nitrogens is 1. The number of thiazole rings is 1. The number of ether oxygens (including phenoxy) is 2. The first-order chi connectivity index (χ1) is 13.8. The smallest absolute Gasteiger partial charge is 0.410 e. The van der Waals surface area contributed by atoms with Crippen LogP contribution in [0.4, 0.5) is 10.5 Å². The quantitative estimate of drug-likeness (QED) is 0.652. The highest BCUT2D eigenvalue weighted by Gasteiger charge is 2.27. The van der Waals surface area contributed by atoms with Gasteiger partial charge in [-0.2, -0.15) is 0 Å². The summed E-state index contributed by atoms with van der Waals surface area (Å²) in [5, 5.41) is 3.36. The second-order valence-electron chi connectivity index (χ2n) is 8.18. The lowest BCUT2D eigenvalue weighted by Crippen LogP contribution is -2.42. The van der Waals surface area contributed by atoms with Crippen LogP contribution in [0.15, 0.2) is 30.5 Å². The molecule has 1 fully saturated rings. The lowest BCUT2D eigenvalue weighted by molar-refractivity contribution is 0.0165. The Morgan fingerprint density at radius 2 is 2.10 bits per heavy atom. The van der Waals surface area contributed by atoms with Gasteiger partial charge in [0.2, 0.25) is 0 Å². The third-order valence-electron chi connectivity index (χ3n) is 4.58. The van der Waals surface area contributed by atoms with E-state index in [9.17, 15) is 4.79 Å². The zero-order valence-corrected chi connectivity index (χ0v) is 18.7. The summed E-state index contributed by atoms with van der Waals surface area (Å²) in [6.45, 7) is 8.42. The maximum atomic E-state index is 12.2. The predicted octanol–water partition coefficient (Wildman–Crippen LogP) is 5.43. The van der Waals surface area contributed by atoms with E-state index in [4.69, 9.17) is 21.1 Å². The molecule has 0 bridgehead atoms. The van der Waals surface area contributed by atoms with Crippen LogP contribution in [0, 0.1) is 5.92 Å². The maximum absolute atomic E-state index is 12.2. The van der Waals surface area contributed by atoms with Gasteiger partial charge in [-0.05, 0) is 51.7 Å². The Morgan fingerprint density at radius 1 is 1.34 bits per heavy atom. The van der Waals surface area contributed by atoms with E-state index in [1.54, 1.807) is 11.1 Å². The molecule has 0 radical (unpaired) electrons. The molecule has 0 atom stereocenters. The summed E-state index contributed by atoms with van der Waals surface area (Å²) in [5.41, 5.74) is 0.536. The number of nitrogens with zero attached hydrogens (tertiary/aromatic N) is 2. The third kappa shape index (κ3) is 7.08. The van der Waals surface area contributed by atoms with Gasteiger partial charge in [0.05, 0.1) is 13.2 Å². The van der Waals surface area contributed by atoms with Crippen molar-refractivity contribution in [3.63, 3.8) is 0 Å². The van der Waals surface area contributed by atoms with Crippen molar-refractivity contribution in [3.05, 3.63) is 39.8 Å². The Hall–Kier alpha value is -1.99. The number of benzene rings is 1. The van der Waals surface area contributed by atoms with Gasteiger partial charge in [-0.15, -0.1) is 11.3 Å². The number of halogens is 1. The SMILES string of the molecule is CC(C)(C)OC(=O)N1CCC(COc2cccc(NCc3cnc(Cl)s3)c2)CC1. The van der Waals surface area contributed by atoms with Gasteiger partial charge in [-0.1, -0.05) is 17.7 Å². The lowest BCUT2D eigenvalue weighted by Gasteiger charge is -2.33. The normalized spacial score (nSPS) is 15.2. The summed E-state index contributed by atoms with van der Waals surface area (Å²) >= 11 is 7.34. The van der Waals surface area contributed by atoms with Gasteiger partial charge in [0.25, 0.3) is 0 Å². The Kier molecular flexibility index (Phi) is 7.24. The van der Waals surface area contributed by atoms with Crippen LogP contribution in [0.25, 0.3) is 0 Å². The number of carbonyl (C=O) groups excluding carboxylic acids is 1. The molecule has 29 heavy (non-hydrogen) atoms. The van der Waals surface area contributed by atoms with Crippen molar-refractivity contribution in [2.24, 2.45) is 5.92 Å². The van der Waals surface area contributed by atoms with Crippen LogP contribution in [-0.2, 0) is 11.3 Å². The van der Waals surface area contributed by atoms with Gasteiger partial charge in [-0.25, -0.2) is 9.78 Å². The van der Waals surface area contributed by atoms with Crippen LogP contribution >= 0.6 is 22.9 Å². The van der Waals surface area contributed by atoms with E-state index in [-0.39, 0.29) is 6.09 Å². The van der Waals surface area contributed by atoms with Crippen LogP contribution in [0.1, 0.15) is 38.5 Å². The van der Waals surface area contributed by atoms with E-state index in [0.717, 1.165) is 29.2 Å². The van der Waals surface area contributed by atoms with E-state index in [1.165, 1.54) is 11.3 Å². The molecule has 0 saturated carbocycles. The Labute approximate surface area is 181 Å². The predicted molar refractivity (Wildman–Crippen MR) is 117 cm³/mol. The Balaban J connectivity index is 1.42. The van der Waals surface area contributed by atoms with Crippen molar-refractivity contribution in [1.29, 1.82) is 0 Å². The second-order valence-corrected chi connectivity index (χ2v) is 9.88. The highest BCUT2D eigenvalue weighted by Crippen LogP contribution is 2.24. The summed E-state index contributed by atoms with van der Waals surface area (Å²) < 4.78 is 12.0. The second kappa shape index (κ2) is 9.67. The third-order valence-corrected chi connectivity index (χ3v) is 5.69. The van der Waals surface area contributed by atoms with Gasteiger partial charge in [0.1, 0.15) is 11.4 Å². The first-order valence-corrected chi connectivity index (χ1v) is 11.0. The van der Waals surface area contributed by atoms with E-state index in [0.29, 0.717) is 36.6 Å². The summed E-state index contributed by atoms with van der Waals surface area (Å²) in [7, 11) is 0. The minimum atomic E-state index is -0.456. The van der Waals surface area contributed by atoms with Crippen molar-refractivity contribution in [3.8, 4) is 5.75 Å². The summed E-state index contributed by atoms with van der Waals surface area (Å²) in [6.07, 6.45) is 3.40. The first kappa shape index (κ1) is 21.7. The van der Waals surface area contributed by atoms with Crippen molar-refractivity contribution >= 4 is 34.7 Å². The molecule has 2 heterocycles. The van der Waals surface area contributed by atoms with Crippen molar-refractivity contribution < 1.29 is 14.3 Å². The molecule has 2 aromatic rings. The van der Waals surface area contributed by atoms with E-state index in [2.05, 4.69) is 10.3 Å². The summed E-state index contributed by atoms with van der Waals surface area (Å²) in [5.74, 6) is 1.27. The zero-order chi connectivity index (χ0) is 20.9. The molecule has 0 aliphatic carbocycles. The number of likely N-dealkylation sites (tertiary alicyclic amines) is 1. The minimum Gasteiger partial charge on any atom is -0.493 e. The van der Waals surface area contributed by atoms with Gasteiger partial charge >= 0.3 is 6.09 Å². The van der Waals surface area contributed by atoms with Crippen LogP contribution in [-0.4, -0.2) is 41.3 Å². The first-order valence-electron chi connectivity index (χ1n) is 9.83. The van der Waals surface area contributed by atoms with Crippen molar-refractivity contribution in [2.45, 2.75) is 45.8 Å². The molecule has 1 N–H and O–H groups in total. The molecule has 1 amide bonds. The monoisotopic (exact) mass is 437 g/mol. The lowest BCUT2D eigenvalue weighted by atomic mass is 9.98. The van der Waals surface area contributed by atoms with Crippen LogP contribution in [0.3, 0.4) is 0 Å². The number of amides is 1. The fraction of sp³-hybridized carbons (Fsp3) is 0.524. The highest BCUT2D eigenvalue weighted by molar-refractivity contribution is 7.15. The summed E-state index contributed by atoms with van der Waals surface area (Å²) in [6, 6.07) is 7.94. The number of nitrogens with one attached hydrogen (secondary N) is 1. The topological polar surface area (TPSA) is 63.7 Å². The fourth-order valence-corrected chi connectivity index (χ4v) is 3.99. The van der Waals surface area contributed by atoms with Gasteiger partial charge < -0.3 is 19.7 Å². The molecule has 1 aliphatic heterocycles. The molecular formula is C21H28ClN3O3S. The van der Waals surface area contributed by atoms with Crippen LogP contribution in [0.5, 0.6) is 5.75 Å². The maximum Gasteiger partial charge on any atom is 0.410 e. The summed E-state index contributed by atoms with van der Waals surface area (Å²) in [4.78, 5) is 19.1. The van der Waals surface area contributed by atoms with Crippen LogP contribution < -0.4 is 10.1 Å². The number of hydrogen-bond donors (Lipinski definition) is 1. The molecule has 1 aromatic carbocycles. The number of hydrogen-bond acceptors (Lipinski definition) is 6. The Bertz CT molecular complexity index is 813. The van der Waals surface area contributed by atoms with E-state index < -0.39 is 5.60 Å². The average molecular weight is 438 g/mol. The number of piperidine rings is 1. The standard InChI is InChI=1S/C21H28ClN3O3S/c1-21(2,3)28-20(26)25-9-7-15(8-10-25)14-27-17-6-4-5-16(11-17)23-12-18-13-24-19(22)29-18/h4-6,11,13,15,23H,7-10,12,14H2,1-3H3. The molecule has 0 unspecified atom stereocenters. The fourth-order valence-electron chi connectivity index (χ4n) is 3.07. The van der Waals surface area contributed by atoms with Crippen molar-refractivity contribution in [2.75, 3.05) is 25.0 Å². The molecule has 1 aliphatic rings. The molecule has 3 rings (SSSR count). The molecule has 1 saturated heterocycles. The number of carbonyl (C=O) groups is 1. The van der Waals surface area contributed by atoms with Gasteiger partial charge in [0.15, 0.2) is 4.47 Å². The largest absolute Gasteiger partial charge is 0.493 e. The zero-order valence-electron chi connectivity index (χ0n) is 17.1. The molecular weight excluding hydrogens is 410 g/mol. The van der Waals surface area contributed by atoms with Gasteiger partial charge in [0, 0.05) is 35.9 Å². The Morgan fingerprint density at radius 3 is 2.76 bits per heavy atom. The minimum absolute atomic E-state index is 0.224. The van der Waals surface area contributed by atoms with E-state index in [1.807, 2.05) is 45.0 Å². The molecule has 8 heteroatoms. The van der Waals surface area contributed by atoms with Gasteiger partial charge in [-0.3, -0.25) is 0 Å². The van der Waals surface area contributed by atoms with E-state index >= 15 is 0 Å². The molecule has 0 spiro atoms. The van der Waals surface area contributed by atoms with Crippen LogP contribution in [0.2, 0.25) is 4.47 Å². The number of anilines is 1. The number of rotatable bonds is 6. The molecule has 158 valence electrons. The highest BCUT2D eigenvalue weighted by atomic mass is 35.5. The van der Waals surface area contributed by atoms with Crippen molar-refractivity contribution in [1.82, 2.24) is 9.88 Å². The molecule has 6 nitrogen and oxygen atoms in total.